The smallest absolute Gasteiger partial charge is 0.0651 e. The molecule has 0 fully saturated rings. The van der Waals surface area contributed by atoms with Crippen LogP contribution in [-0.2, 0) is 0 Å². The third-order valence-corrected chi connectivity index (χ3v) is 2.22. The fourth-order valence-electron chi connectivity index (χ4n) is 1.62. The third-order valence-electron chi connectivity index (χ3n) is 2.22. The zero-order chi connectivity index (χ0) is 8.67. The van der Waals surface area contributed by atoms with Gasteiger partial charge in [-0.1, -0.05) is 12.1 Å². The van der Waals surface area contributed by atoms with Crippen molar-refractivity contribution in [3.63, 3.8) is 0 Å². The minimum Gasteiger partial charge on any atom is -0.353 e. The molecule has 0 aliphatic rings. The Morgan fingerprint density at radius 3 is 3.23 bits per heavy atom. The number of hydrogen-bond donors (Lipinski definition) is 1. The molecule has 0 atom stereocenters. The predicted molar refractivity (Wildman–Crippen MR) is 52.4 cm³/mol. The molecule has 1 N–H and O–H groups in total. The summed E-state index contributed by atoms with van der Waals surface area (Å²) in [5.41, 5.74) is 2.19. The van der Waals surface area contributed by atoms with Gasteiger partial charge < -0.3 is 4.98 Å². The zero-order valence-corrected chi connectivity index (χ0v) is 6.91. The summed E-state index contributed by atoms with van der Waals surface area (Å²) < 4.78 is 0. The molecule has 3 aromatic rings. The van der Waals surface area contributed by atoms with E-state index in [-0.39, 0.29) is 0 Å². The van der Waals surface area contributed by atoms with Gasteiger partial charge in [-0.3, -0.25) is 4.98 Å². The van der Waals surface area contributed by atoms with Crippen molar-refractivity contribution in [2.24, 2.45) is 0 Å². The summed E-state index contributed by atoms with van der Waals surface area (Å²) in [6.07, 6.45) is 3.64. The van der Waals surface area contributed by atoms with Gasteiger partial charge >= 0.3 is 0 Å². The Bertz CT molecular complexity index is 516. The number of aromatic nitrogens is 2. The monoisotopic (exact) mass is 167 g/mol. The molecule has 2 heteroatoms. The summed E-state index contributed by atoms with van der Waals surface area (Å²) >= 11 is 0. The topological polar surface area (TPSA) is 28.7 Å². The van der Waals surface area contributed by atoms with Crippen LogP contribution in [0.4, 0.5) is 0 Å². The summed E-state index contributed by atoms with van der Waals surface area (Å²) in [5, 5.41) is 2.32. The highest BCUT2D eigenvalue weighted by Crippen LogP contribution is 2.22. The van der Waals surface area contributed by atoms with Crippen molar-refractivity contribution in [3.05, 3.63) is 42.7 Å². The molecule has 0 aliphatic carbocycles. The van der Waals surface area contributed by atoms with Crippen molar-refractivity contribution in [1.82, 2.24) is 9.97 Å². The number of pyridine rings is 1. The van der Waals surface area contributed by atoms with Gasteiger partial charge in [-0.05, 0) is 18.2 Å². The Hall–Kier alpha value is -1.83. The fraction of sp³-hybridized carbons (Fsp3) is 0. The number of fused-ring (bicyclic) bond motifs is 3. The van der Waals surface area contributed by atoms with E-state index < -0.39 is 0 Å². The quantitative estimate of drug-likeness (QED) is 0.547. The van der Waals surface area contributed by atoms with Crippen LogP contribution in [0.25, 0.3) is 21.8 Å². The molecule has 0 saturated heterocycles. The molecule has 2 aromatic heterocycles. The maximum Gasteiger partial charge on any atom is 0.0651 e. The van der Waals surface area contributed by atoms with E-state index in [1.807, 2.05) is 30.5 Å². The van der Waals surface area contributed by atoms with Crippen LogP contribution in [-0.4, -0.2) is 9.97 Å². The van der Waals surface area contributed by atoms with E-state index in [0.29, 0.717) is 0 Å². The Morgan fingerprint density at radius 2 is 2.23 bits per heavy atom. The molecule has 0 bridgehead atoms. The first-order valence-electron chi connectivity index (χ1n) is 4.17. The van der Waals surface area contributed by atoms with E-state index in [1.165, 1.54) is 5.39 Å². The van der Waals surface area contributed by atoms with Gasteiger partial charge in [0.2, 0.25) is 0 Å². The molecule has 2 nitrogen and oxygen atoms in total. The summed E-state index contributed by atoms with van der Waals surface area (Å²) in [6, 6.07) is 11.2. The Morgan fingerprint density at radius 1 is 1.23 bits per heavy atom. The third kappa shape index (κ3) is 0.855. The van der Waals surface area contributed by atoms with E-state index in [9.17, 15) is 0 Å². The van der Waals surface area contributed by atoms with Crippen molar-refractivity contribution in [1.29, 1.82) is 0 Å². The molecule has 1 radical (unpaired) electrons. The molecule has 0 aliphatic heterocycles. The second kappa shape index (κ2) is 2.33. The van der Waals surface area contributed by atoms with E-state index in [4.69, 9.17) is 0 Å². The second-order valence-electron chi connectivity index (χ2n) is 3.01. The summed E-state index contributed by atoms with van der Waals surface area (Å²) in [5.74, 6) is 0. The van der Waals surface area contributed by atoms with Gasteiger partial charge in [-0.2, -0.15) is 0 Å². The van der Waals surface area contributed by atoms with Crippen LogP contribution in [0.15, 0.2) is 36.7 Å². The van der Waals surface area contributed by atoms with Gasteiger partial charge in [0.15, 0.2) is 0 Å². The highest BCUT2D eigenvalue weighted by Gasteiger charge is 2.01. The van der Waals surface area contributed by atoms with Crippen molar-refractivity contribution < 1.29 is 0 Å². The highest BCUT2D eigenvalue weighted by molar-refractivity contribution is 6.06. The number of rotatable bonds is 0. The summed E-state index contributed by atoms with van der Waals surface area (Å²) in [4.78, 5) is 7.35. The number of H-pyrrole nitrogens is 1. The van der Waals surface area contributed by atoms with Crippen molar-refractivity contribution in [2.45, 2.75) is 0 Å². The van der Waals surface area contributed by atoms with E-state index >= 15 is 0 Å². The lowest BCUT2D eigenvalue weighted by Gasteiger charge is -1.86. The number of hydrogen-bond acceptors (Lipinski definition) is 1. The zero-order valence-electron chi connectivity index (χ0n) is 6.91. The first kappa shape index (κ1) is 6.66. The van der Waals surface area contributed by atoms with Crippen LogP contribution in [0.3, 0.4) is 0 Å². The van der Waals surface area contributed by atoms with Crippen LogP contribution < -0.4 is 0 Å². The van der Waals surface area contributed by atoms with Crippen LogP contribution in [0.5, 0.6) is 0 Å². The molecule has 3 rings (SSSR count). The number of benzene rings is 1. The Balaban J connectivity index is 2.64. The van der Waals surface area contributed by atoms with Crippen molar-refractivity contribution >= 4 is 21.8 Å². The molecule has 0 saturated carbocycles. The molecule has 61 valence electrons. The average Bonchev–Trinajstić information content (AvgIpc) is 2.56. The summed E-state index contributed by atoms with van der Waals surface area (Å²) in [7, 11) is 0. The minimum atomic E-state index is 1.07. The number of nitrogens with zero attached hydrogens (tertiary/aromatic N) is 1. The molecule has 0 unspecified atom stereocenters. The van der Waals surface area contributed by atoms with Gasteiger partial charge in [-0.15, -0.1) is 0 Å². The lowest BCUT2D eigenvalue weighted by Crippen LogP contribution is -1.69. The molecule has 0 spiro atoms. The van der Waals surface area contributed by atoms with Crippen LogP contribution in [0.1, 0.15) is 0 Å². The molecule has 0 amide bonds. The molecular formula is C11H7N2. The molecular weight excluding hydrogens is 160 g/mol. The van der Waals surface area contributed by atoms with E-state index in [2.05, 4.69) is 16.0 Å². The SMILES string of the molecule is [c]1cccc2[nH]c3cnccc3c12. The fourth-order valence-corrected chi connectivity index (χ4v) is 1.62. The van der Waals surface area contributed by atoms with Gasteiger partial charge in [0.05, 0.1) is 11.7 Å². The van der Waals surface area contributed by atoms with Gasteiger partial charge in [0.25, 0.3) is 0 Å². The largest absolute Gasteiger partial charge is 0.353 e. The minimum absolute atomic E-state index is 1.07. The average molecular weight is 167 g/mol. The normalized spacial score (nSPS) is 11.1. The molecule has 13 heavy (non-hydrogen) atoms. The maximum atomic E-state index is 4.06. The van der Waals surface area contributed by atoms with E-state index in [0.717, 1.165) is 16.4 Å². The maximum absolute atomic E-state index is 4.06. The van der Waals surface area contributed by atoms with Crippen LogP contribution in [0.2, 0.25) is 0 Å². The van der Waals surface area contributed by atoms with Gasteiger partial charge in [-0.25, -0.2) is 0 Å². The standard InChI is InChI=1S/C11H7N2/c1-2-4-10-8(3-1)9-5-6-12-7-11(9)13-10/h1-2,4-7,13H. The van der Waals surface area contributed by atoms with E-state index in [1.54, 1.807) is 6.20 Å². The summed E-state index contributed by atoms with van der Waals surface area (Å²) in [6.45, 7) is 0. The van der Waals surface area contributed by atoms with Gasteiger partial charge in [0.1, 0.15) is 0 Å². The van der Waals surface area contributed by atoms with Gasteiger partial charge in [0, 0.05) is 22.5 Å². The molecule has 2 heterocycles. The Kier molecular flexibility index (Phi) is 1.19. The molecule has 1 aromatic carbocycles. The lowest BCUT2D eigenvalue weighted by atomic mass is 10.2. The first-order valence-corrected chi connectivity index (χ1v) is 4.17. The predicted octanol–water partition coefficient (Wildman–Crippen LogP) is 2.52. The number of nitrogens with one attached hydrogen (secondary N) is 1. The second-order valence-corrected chi connectivity index (χ2v) is 3.01. The van der Waals surface area contributed by atoms with Crippen LogP contribution >= 0.6 is 0 Å². The highest BCUT2D eigenvalue weighted by atomic mass is 14.7. The van der Waals surface area contributed by atoms with Crippen molar-refractivity contribution in [2.75, 3.05) is 0 Å². The number of aromatic amines is 1. The lowest BCUT2D eigenvalue weighted by molar-refractivity contribution is 1.35. The van der Waals surface area contributed by atoms with Crippen molar-refractivity contribution in [3.8, 4) is 0 Å². The van der Waals surface area contributed by atoms with Crippen LogP contribution in [0, 0.1) is 6.07 Å². The Labute approximate surface area is 75.2 Å². The first-order chi connectivity index (χ1) is 6.45.